The fraction of sp³-hybridized carbons (Fsp3) is 0.200. The van der Waals surface area contributed by atoms with Gasteiger partial charge in [-0.25, -0.2) is 18.3 Å². The molecule has 4 heterocycles. The van der Waals surface area contributed by atoms with Gasteiger partial charge in [-0.15, -0.1) is 20.4 Å². The van der Waals surface area contributed by atoms with E-state index >= 15 is 0 Å². The van der Waals surface area contributed by atoms with E-state index in [9.17, 15) is 9.18 Å². The minimum Gasteiger partial charge on any atom is -0.265 e. The minimum atomic E-state index is -0.357. The maximum Gasteiger partial charge on any atom is 0.299 e. The molecule has 30 heavy (non-hydrogen) atoms. The zero-order valence-electron chi connectivity index (χ0n) is 16.5. The van der Waals surface area contributed by atoms with Crippen molar-refractivity contribution in [3.63, 3.8) is 0 Å². The third kappa shape index (κ3) is 2.53. The Bertz CT molecular complexity index is 1460. The third-order valence-corrected chi connectivity index (χ3v) is 5.07. The summed E-state index contributed by atoms with van der Waals surface area (Å²) in [7, 11) is 0. The second kappa shape index (κ2) is 6.55. The molecule has 0 unspecified atom stereocenters. The Kier molecular flexibility index (Phi) is 3.95. The first-order chi connectivity index (χ1) is 14.5. The van der Waals surface area contributed by atoms with Crippen molar-refractivity contribution in [2.45, 2.75) is 27.2 Å². The molecule has 0 aliphatic heterocycles. The van der Waals surface area contributed by atoms with E-state index in [-0.39, 0.29) is 16.9 Å². The van der Waals surface area contributed by atoms with Crippen LogP contribution in [-0.4, -0.2) is 39.4 Å². The molecule has 4 aromatic heterocycles. The zero-order valence-corrected chi connectivity index (χ0v) is 16.5. The van der Waals surface area contributed by atoms with Crippen molar-refractivity contribution in [1.29, 1.82) is 0 Å². The molecule has 5 rings (SSSR count). The minimum absolute atomic E-state index is 0.174. The molecule has 9 nitrogen and oxygen atoms in total. The van der Waals surface area contributed by atoms with E-state index in [2.05, 4.69) is 25.5 Å². The molecule has 0 atom stereocenters. The monoisotopic (exact) mass is 404 g/mol. The van der Waals surface area contributed by atoms with Crippen molar-refractivity contribution in [1.82, 2.24) is 39.4 Å². The van der Waals surface area contributed by atoms with E-state index in [1.165, 1.54) is 16.8 Å². The largest absolute Gasteiger partial charge is 0.299 e. The summed E-state index contributed by atoms with van der Waals surface area (Å²) in [5, 5.41) is 21.2. The normalized spacial score (nSPS) is 11.6. The van der Waals surface area contributed by atoms with E-state index in [4.69, 9.17) is 0 Å². The van der Waals surface area contributed by atoms with Crippen LogP contribution >= 0.6 is 0 Å². The first-order valence-electron chi connectivity index (χ1n) is 9.44. The number of aryl methyl sites for hydroxylation is 3. The quantitative estimate of drug-likeness (QED) is 0.458. The summed E-state index contributed by atoms with van der Waals surface area (Å²) in [4.78, 5) is 13.1. The molecular weight excluding hydrogens is 387 g/mol. The lowest BCUT2D eigenvalue weighted by Gasteiger charge is -2.10. The van der Waals surface area contributed by atoms with Gasteiger partial charge in [0.2, 0.25) is 0 Å². The van der Waals surface area contributed by atoms with Gasteiger partial charge in [0.1, 0.15) is 23.0 Å². The Balaban J connectivity index is 1.80. The molecule has 0 saturated heterocycles. The van der Waals surface area contributed by atoms with Crippen molar-refractivity contribution in [2.24, 2.45) is 0 Å². The Morgan fingerprint density at radius 1 is 0.967 bits per heavy atom. The summed E-state index contributed by atoms with van der Waals surface area (Å²) in [6.07, 6.45) is 2.29. The van der Waals surface area contributed by atoms with Crippen molar-refractivity contribution in [3.05, 3.63) is 70.0 Å². The van der Waals surface area contributed by atoms with Crippen LogP contribution in [0, 0.1) is 19.7 Å². The zero-order chi connectivity index (χ0) is 21.0. The van der Waals surface area contributed by atoms with Crippen LogP contribution in [0.4, 0.5) is 4.39 Å². The number of benzene rings is 1. The fourth-order valence-electron chi connectivity index (χ4n) is 3.67. The predicted octanol–water partition coefficient (Wildman–Crippen LogP) is 2.33. The van der Waals surface area contributed by atoms with Gasteiger partial charge in [-0.3, -0.25) is 4.79 Å². The Labute approximate surface area is 169 Å². The molecule has 0 radical (unpaired) electrons. The molecule has 5 aromatic rings. The van der Waals surface area contributed by atoms with Gasteiger partial charge in [-0.2, -0.15) is 5.10 Å². The van der Waals surface area contributed by atoms with Crippen molar-refractivity contribution in [3.8, 4) is 11.1 Å². The van der Waals surface area contributed by atoms with Gasteiger partial charge in [0.15, 0.2) is 11.2 Å². The summed E-state index contributed by atoms with van der Waals surface area (Å²) in [5.41, 5.74) is 3.23. The van der Waals surface area contributed by atoms with Crippen molar-refractivity contribution < 1.29 is 4.39 Å². The van der Waals surface area contributed by atoms with E-state index in [0.717, 1.165) is 16.8 Å². The van der Waals surface area contributed by atoms with E-state index in [1.54, 1.807) is 47.4 Å². The second-order valence-electron chi connectivity index (χ2n) is 6.92. The molecule has 0 N–H and O–H groups in total. The molecule has 0 aliphatic rings. The van der Waals surface area contributed by atoms with Gasteiger partial charge in [0.05, 0.1) is 11.3 Å². The number of hydrogen-bond acceptors (Lipinski definition) is 6. The SMILES string of the molecule is CCc1nn2c(nnc3c(=O)n(-n4c(C)nnc4C)ccc32)c1-c1ccc(F)cc1. The molecular formula is C20H17FN8O. The highest BCUT2D eigenvalue weighted by molar-refractivity contribution is 5.84. The highest BCUT2D eigenvalue weighted by atomic mass is 19.1. The molecule has 10 heteroatoms. The number of nitrogens with zero attached hydrogens (tertiary/aromatic N) is 8. The Morgan fingerprint density at radius 3 is 2.33 bits per heavy atom. The molecule has 0 spiro atoms. The van der Waals surface area contributed by atoms with Crippen LogP contribution in [-0.2, 0) is 6.42 Å². The molecule has 1 aromatic carbocycles. The standard InChI is InChI=1S/C20H17FN8O/c1-4-15-17(13-5-7-14(21)8-6-13)19-25-24-18-16(28(19)26-15)9-10-27(20(18)30)29-11(2)22-23-12(29)3/h5-10H,4H2,1-3H3. The maximum atomic E-state index is 13.4. The van der Waals surface area contributed by atoms with E-state index < -0.39 is 0 Å². The van der Waals surface area contributed by atoms with Crippen LogP contribution in [0.1, 0.15) is 24.3 Å². The number of fused-ring (bicyclic) bond motifs is 3. The van der Waals surface area contributed by atoms with Gasteiger partial charge in [-0.1, -0.05) is 19.1 Å². The molecule has 0 amide bonds. The first kappa shape index (κ1) is 18.1. The number of rotatable bonds is 3. The van der Waals surface area contributed by atoms with Crippen LogP contribution in [0.2, 0.25) is 0 Å². The van der Waals surface area contributed by atoms with Crippen LogP contribution in [0.3, 0.4) is 0 Å². The maximum absolute atomic E-state index is 13.4. The smallest absolute Gasteiger partial charge is 0.265 e. The highest BCUT2D eigenvalue weighted by Gasteiger charge is 2.19. The third-order valence-electron chi connectivity index (χ3n) is 5.07. The number of halogens is 1. The number of hydrogen-bond donors (Lipinski definition) is 0. The second-order valence-corrected chi connectivity index (χ2v) is 6.92. The van der Waals surface area contributed by atoms with Crippen molar-refractivity contribution in [2.75, 3.05) is 0 Å². The predicted molar refractivity (Wildman–Crippen MR) is 108 cm³/mol. The first-order valence-corrected chi connectivity index (χ1v) is 9.44. The summed E-state index contributed by atoms with van der Waals surface area (Å²) in [6.45, 7) is 5.51. The lowest BCUT2D eigenvalue weighted by Crippen LogP contribution is -2.28. The van der Waals surface area contributed by atoms with Gasteiger partial charge in [0.25, 0.3) is 5.56 Å². The average Bonchev–Trinajstić information content (AvgIpc) is 3.29. The van der Waals surface area contributed by atoms with Crippen LogP contribution in [0.25, 0.3) is 27.8 Å². The molecule has 0 saturated carbocycles. The topological polar surface area (TPSA) is 95.8 Å². The van der Waals surface area contributed by atoms with Crippen LogP contribution in [0.15, 0.2) is 41.3 Å². The van der Waals surface area contributed by atoms with Gasteiger partial charge < -0.3 is 0 Å². The molecule has 0 fully saturated rings. The summed E-state index contributed by atoms with van der Waals surface area (Å²) in [6, 6.07) is 7.93. The van der Waals surface area contributed by atoms with Crippen LogP contribution in [0.5, 0.6) is 0 Å². The summed E-state index contributed by atoms with van der Waals surface area (Å²) < 4.78 is 18.0. The fourth-order valence-corrected chi connectivity index (χ4v) is 3.67. The van der Waals surface area contributed by atoms with E-state index in [1.807, 2.05) is 6.92 Å². The van der Waals surface area contributed by atoms with Gasteiger partial charge >= 0.3 is 0 Å². The van der Waals surface area contributed by atoms with Crippen molar-refractivity contribution >= 4 is 16.7 Å². The average molecular weight is 404 g/mol. The van der Waals surface area contributed by atoms with Gasteiger partial charge in [-0.05, 0) is 44.0 Å². The molecule has 150 valence electrons. The van der Waals surface area contributed by atoms with Crippen LogP contribution < -0.4 is 5.56 Å². The molecule has 0 aliphatic carbocycles. The lowest BCUT2D eigenvalue weighted by atomic mass is 10.0. The summed E-state index contributed by atoms with van der Waals surface area (Å²) in [5.74, 6) is 0.841. The Hall–Kier alpha value is -3.95. The number of pyridine rings is 1. The Morgan fingerprint density at radius 2 is 1.67 bits per heavy atom. The summed E-state index contributed by atoms with van der Waals surface area (Å²) >= 11 is 0. The number of aromatic nitrogens is 8. The highest BCUT2D eigenvalue weighted by Crippen LogP contribution is 2.29. The van der Waals surface area contributed by atoms with Gasteiger partial charge in [0, 0.05) is 6.20 Å². The lowest BCUT2D eigenvalue weighted by molar-refractivity contribution is 0.593. The van der Waals surface area contributed by atoms with E-state index in [0.29, 0.717) is 29.2 Å². The molecule has 0 bridgehead atoms.